The minimum absolute atomic E-state index is 0.883. The summed E-state index contributed by atoms with van der Waals surface area (Å²) in [5.74, 6) is 0. The molecule has 0 aromatic carbocycles. The molecular formula is C20H44Si2. The quantitative estimate of drug-likeness (QED) is 0.234. The average Bonchev–Trinajstić information content (AvgIpc) is 2.56. The van der Waals surface area contributed by atoms with Crippen molar-refractivity contribution in [3.05, 3.63) is 11.6 Å². The molecule has 22 heavy (non-hydrogen) atoms. The SMILES string of the molecule is CC[Si](CC)(CC)CC/C=C(\C)CCC[Si](CC)(CC)CC. The first-order chi connectivity index (χ1) is 10.5. The second kappa shape index (κ2) is 11.7. The largest absolute Gasteiger partial charge is 0.0859 e. The first-order valence-electron chi connectivity index (χ1n) is 10.1. The van der Waals surface area contributed by atoms with Gasteiger partial charge in [0.15, 0.2) is 0 Å². The van der Waals surface area contributed by atoms with Gasteiger partial charge in [0.25, 0.3) is 0 Å². The first kappa shape index (κ1) is 22.2. The highest BCUT2D eigenvalue weighted by molar-refractivity contribution is 6.80. The van der Waals surface area contributed by atoms with Crippen LogP contribution < -0.4 is 0 Å². The normalized spacial score (nSPS) is 13.7. The lowest BCUT2D eigenvalue weighted by Crippen LogP contribution is -2.30. The highest BCUT2D eigenvalue weighted by Crippen LogP contribution is 2.29. The molecule has 0 aliphatic heterocycles. The molecule has 0 unspecified atom stereocenters. The molecular weight excluding hydrogens is 296 g/mol. The molecule has 0 rings (SSSR count). The van der Waals surface area contributed by atoms with Gasteiger partial charge in [-0.05, 0) is 19.8 Å². The molecule has 0 atom stereocenters. The van der Waals surface area contributed by atoms with Crippen molar-refractivity contribution in [1.82, 2.24) is 0 Å². The zero-order chi connectivity index (χ0) is 17.1. The lowest BCUT2D eigenvalue weighted by molar-refractivity contribution is 0.862. The molecule has 0 aliphatic rings. The average molecular weight is 341 g/mol. The van der Waals surface area contributed by atoms with Crippen LogP contribution in [0.2, 0.25) is 48.4 Å². The van der Waals surface area contributed by atoms with Gasteiger partial charge in [-0.1, -0.05) is 108 Å². The van der Waals surface area contributed by atoms with Gasteiger partial charge in [0.05, 0.1) is 16.1 Å². The molecule has 0 bridgehead atoms. The lowest BCUT2D eigenvalue weighted by Gasteiger charge is -2.28. The molecule has 0 heterocycles. The topological polar surface area (TPSA) is 0 Å². The van der Waals surface area contributed by atoms with Crippen molar-refractivity contribution in [3.8, 4) is 0 Å². The molecule has 0 aromatic rings. The predicted octanol–water partition coefficient (Wildman–Crippen LogP) is 8.12. The first-order valence-corrected chi connectivity index (χ1v) is 15.8. The van der Waals surface area contributed by atoms with Crippen LogP contribution in [0.5, 0.6) is 0 Å². The van der Waals surface area contributed by atoms with E-state index in [1.807, 2.05) is 0 Å². The van der Waals surface area contributed by atoms with Crippen molar-refractivity contribution < 1.29 is 0 Å². The summed E-state index contributed by atoms with van der Waals surface area (Å²) >= 11 is 0. The Labute approximate surface area is 144 Å². The molecule has 0 saturated carbocycles. The Hall–Kier alpha value is 0.174. The Bertz CT molecular complexity index is 282. The molecule has 0 nitrogen and oxygen atoms in total. The van der Waals surface area contributed by atoms with Crippen LogP contribution in [0.1, 0.15) is 67.7 Å². The molecule has 2 heteroatoms. The highest BCUT2D eigenvalue weighted by Gasteiger charge is 2.26. The highest BCUT2D eigenvalue weighted by atomic mass is 28.3. The van der Waals surface area contributed by atoms with E-state index in [1.54, 1.807) is 11.6 Å². The third-order valence-corrected chi connectivity index (χ3v) is 18.7. The molecule has 0 aliphatic carbocycles. The van der Waals surface area contributed by atoms with E-state index in [-0.39, 0.29) is 0 Å². The van der Waals surface area contributed by atoms with Crippen molar-refractivity contribution in [2.24, 2.45) is 0 Å². The summed E-state index contributed by atoms with van der Waals surface area (Å²) in [6, 6.07) is 12.0. The molecule has 0 saturated heterocycles. The summed E-state index contributed by atoms with van der Waals surface area (Å²) in [7, 11) is -1.78. The molecule has 0 amide bonds. The third-order valence-electron chi connectivity index (χ3n) is 6.95. The fourth-order valence-electron chi connectivity index (χ4n) is 4.03. The minimum Gasteiger partial charge on any atom is -0.0859 e. The van der Waals surface area contributed by atoms with Gasteiger partial charge in [0, 0.05) is 0 Å². The molecule has 0 fully saturated rings. The third kappa shape index (κ3) is 7.16. The predicted molar refractivity (Wildman–Crippen MR) is 112 cm³/mol. The van der Waals surface area contributed by atoms with Crippen LogP contribution in [0.4, 0.5) is 0 Å². The Morgan fingerprint density at radius 3 is 1.50 bits per heavy atom. The van der Waals surface area contributed by atoms with E-state index in [4.69, 9.17) is 0 Å². The Morgan fingerprint density at radius 1 is 0.682 bits per heavy atom. The summed E-state index contributed by atoms with van der Waals surface area (Å²) in [4.78, 5) is 0. The zero-order valence-corrected chi connectivity index (χ0v) is 18.9. The number of allylic oxidation sites excluding steroid dienone is 2. The summed E-state index contributed by atoms with van der Waals surface area (Å²) in [5, 5.41) is 0. The Balaban J connectivity index is 4.24. The second-order valence-corrected chi connectivity index (χ2v) is 18.8. The van der Waals surface area contributed by atoms with Crippen LogP contribution in [0.3, 0.4) is 0 Å². The van der Waals surface area contributed by atoms with Gasteiger partial charge in [-0.2, -0.15) is 0 Å². The van der Waals surface area contributed by atoms with Gasteiger partial charge in [-0.3, -0.25) is 0 Å². The second-order valence-electron chi connectivity index (χ2n) is 7.56. The smallest absolute Gasteiger partial charge is 0.0530 e. The lowest BCUT2D eigenvalue weighted by atomic mass is 10.1. The van der Waals surface area contributed by atoms with E-state index in [9.17, 15) is 0 Å². The Morgan fingerprint density at radius 2 is 1.09 bits per heavy atom. The van der Waals surface area contributed by atoms with Crippen LogP contribution >= 0.6 is 0 Å². The molecule has 132 valence electrons. The van der Waals surface area contributed by atoms with Crippen molar-refractivity contribution in [3.63, 3.8) is 0 Å². The molecule has 0 spiro atoms. The summed E-state index contributed by atoms with van der Waals surface area (Å²) in [6.45, 7) is 17.0. The molecule has 0 radical (unpaired) electrons. The van der Waals surface area contributed by atoms with Gasteiger partial charge >= 0.3 is 0 Å². The van der Waals surface area contributed by atoms with Gasteiger partial charge < -0.3 is 0 Å². The Kier molecular flexibility index (Phi) is 11.8. The van der Waals surface area contributed by atoms with Gasteiger partial charge in [-0.25, -0.2) is 0 Å². The van der Waals surface area contributed by atoms with Crippen molar-refractivity contribution in [2.45, 2.75) is 116 Å². The maximum absolute atomic E-state index is 2.58. The maximum Gasteiger partial charge on any atom is 0.0530 e. The van der Waals surface area contributed by atoms with Gasteiger partial charge in [0.1, 0.15) is 0 Å². The van der Waals surface area contributed by atoms with Crippen LogP contribution in [-0.4, -0.2) is 16.1 Å². The fraction of sp³-hybridized carbons (Fsp3) is 0.900. The van der Waals surface area contributed by atoms with Crippen LogP contribution in [0.25, 0.3) is 0 Å². The summed E-state index contributed by atoms with van der Waals surface area (Å²) < 4.78 is 0. The monoisotopic (exact) mass is 340 g/mol. The molecule has 0 aromatic heterocycles. The number of hydrogen-bond donors (Lipinski definition) is 0. The van der Waals surface area contributed by atoms with Crippen LogP contribution in [0, 0.1) is 0 Å². The number of hydrogen-bond acceptors (Lipinski definition) is 0. The summed E-state index contributed by atoms with van der Waals surface area (Å²) in [6.07, 6.45) is 6.73. The fourth-order valence-corrected chi connectivity index (χ4v) is 10.8. The zero-order valence-electron chi connectivity index (χ0n) is 16.9. The van der Waals surface area contributed by atoms with Crippen LogP contribution in [-0.2, 0) is 0 Å². The standard InChI is InChI=1S/C20H44Si2/c1-8-21(9-2,10-3)18-14-16-20(7)17-15-19-22(11-4,12-5)13-6/h16H,8-15,17-19H2,1-7H3/b20-16+. The van der Waals surface area contributed by atoms with E-state index in [1.165, 1.54) is 61.6 Å². The van der Waals surface area contributed by atoms with E-state index < -0.39 is 16.1 Å². The van der Waals surface area contributed by atoms with Crippen molar-refractivity contribution in [2.75, 3.05) is 0 Å². The van der Waals surface area contributed by atoms with Crippen LogP contribution in [0.15, 0.2) is 11.6 Å². The van der Waals surface area contributed by atoms with E-state index >= 15 is 0 Å². The van der Waals surface area contributed by atoms with E-state index in [0.29, 0.717) is 0 Å². The molecule has 0 N–H and O–H groups in total. The maximum atomic E-state index is 2.58. The van der Waals surface area contributed by atoms with Crippen molar-refractivity contribution >= 4 is 16.1 Å². The van der Waals surface area contributed by atoms with E-state index in [0.717, 1.165) is 0 Å². The minimum atomic E-state index is -0.900. The van der Waals surface area contributed by atoms with Gasteiger partial charge in [0.2, 0.25) is 0 Å². The van der Waals surface area contributed by atoms with Gasteiger partial charge in [-0.15, -0.1) is 0 Å². The number of rotatable bonds is 13. The van der Waals surface area contributed by atoms with Crippen molar-refractivity contribution in [1.29, 1.82) is 0 Å². The summed E-state index contributed by atoms with van der Waals surface area (Å²) in [5.41, 5.74) is 1.66. The van der Waals surface area contributed by atoms with E-state index in [2.05, 4.69) is 54.5 Å².